The summed E-state index contributed by atoms with van der Waals surface area (Å²) in [4.78, 5) is 0. The van der Waals surface area contributed by atoms with Crippen molar-refractivity contribution in [1.82, 2.24) is 0 Å². The number of hydrogen-bond donors (Lipinski definition) is 1. The smallest absolute Gasteiger partial charge is 0.123 e. The van der Waals surface area contributed by atoms with Crippen LogP contribution in [0, 0.1) is 17.7 Å². The third kappa shape index (κ3) is 3.13. The molecule has 0 saturated carbocycles. The maximum Gasteiger partial charge on any atom is 0.123 e. The molecular formula is C11H10BrFO. The predicted molar refractivity (Wildman–Crippen MR) is 57.6 cm³/mol. The zero-order chi connectivity index (χ0) is 10.4. The third-order valence-corrected chi connectivity index (χ3v) is 2.08. The van der Waals surface area contributed by atoms with Gasteiger partial charge >= 0.3 is 0 Å². The number of benzene rings is 1. The fourth-order valence-corrected chi connectivity index (χ4v) is 1.22. The van der Waals surface area contributed by atoms with Crippen LogP contribution in [0.1, 0.15) is 17.5 Å². The maximum atomic E-state index is 12.8. The molecule has 0 bridgehead atoms. The van der Waals surface area contributed by atoms with E-state index in [1.165, 1.54) is 12.1 Å². The summed E-state index contributed by atoms with van der Waals surface area (Å²) in [6.45, 7) is -0.184. The Morgan fingerprint density at radius 3 is 2.86 bits per heavy atom. The van der Waals surface area contributed by atoms with Crippen LogP contribution in [0.2, 0.25) is 0 Å². The summed E-state index contributed by atoms with van der Waals surface area (Å²) in [5.74, 6) is 5.45. The van der Waals surface area contributed by atoms with Crippen molar-refractivity contribution in [3.63, 3.8) is 0 Å². The minimum Gasteiger partial charge on any atom is -0.392 e. The van der Waals surface area contributed by atoms with Gasteiger partial charge in [-0.1, -0.05) is 27.8 Å². The van der Waals surface area contributed by atoms with Crippen molar-refractivity contribution >= 4 is 15.9 Å². The second-order valence-electron chi connectivity index (χ2n) is 2.70. The molecule has 0 spiro atoms. The number of halogens is 2. The molecule has 0 aliphatic carbocycles. The Morgan fingerprint density at radius 1 is 1.43 bits per heavy atom. The van der Waals surface area contributed by atoms with Crippen molar-refractivity contribution in [2.45, 2.75) is 13.0 Å². The van der Waals surface area contributed by atoms with Gasteiger partial charge in [0.15, 0.2) is 0 Å². The molecule has 0 saturated heterocycles. The molecule has 0 amide bonds. The lowest BCUT2D eigenvalue weighted by Crippen LogP contribution is -1.90. The first-order chi connectivity index (χ1) is 6.77. The van der Waals surface area contributed by atoms with Gasteiger partial charge in [-0.15, -0.1) is 0 Å². The van der Waals surface area contributed by atoms with E-state index >= 15 is 0 Å². The van der Waals surface area contributed by atoms with Crippen molar-refractivity contribution in [3.8, 4) is 11.8 Å². The molecule has 0 aromatic heterocycles. The van der Waals surface area contributed by atoms with E-state index in [0.717, 1.165) is 11.8 Å². The monoisotopic (exact) mass is 256 g/mol. The summed E-state index contributed by atoms with van der Waals surface area (Å²) in [5.41, 5.74) is 1.22. The van der Waals surface area contributed by atoms with E-state index in [1.54, 1.807) is 6.07 Å². The summed E-state index contributed by atoms with van der Waals surface area (Å²) in [6, 6.07) is 4.23. The van der Waals surface area contributed by atoms with Crippen LogP contribution >= 0.6 is 15.9 Å². The minimum atomic E-state index is -0.347. The van der Waals surface area contributed by atoms with Crippen molar-refractivity contribution in [1.29, 1.82) is 0 Å². The van der Waals surface area contributed by atoms with Crippen LogP contribution in [0.4, 0.5) is 4.39 Å². The topological polar surface area (TPSA) is 20.2 Å². The lowest BCUT2D eigenvalue weighted by atomic mass is 10.1. The quantitative estimate of drug-likeness (QED) is 0.637. The average Bonchev–Trinajstić information content (AvgIpc) is 2.20. The molecule has 0 fully saturated rings. The maximum absolute atomic E-state index is 12.8. The summed E-state index contributed by atoms with van der Waals surface area (Å²) in [6.07, 6.45) is 0.738. The highest BCUT2D eigenvalue weighted by atomic mass is 79.9. The summed E-state index contributed by atoms with van der Waals surface area (Å²) in [5, 5.41) is 9.77. The fraction of sp³-hybridized carbons (Fsp3) is 0.273. The summed E-state index contributed by atoms with van der Waals surface area (Å²) >= 11 is 3.26. The molecule has 0 radical (unpaired) electrons. The standard InChI is InChI=1S/C11H10BrFO/c12-6-2-1-3-9-4-5-11(13)7-10(9)8-14/h4-5,7,14H,2,6,8H2. The molecule has 1 N–H and O–H groups in total. The fourth-order valence-electron chi connectivity index (χ4n) is 1.02. The zero-order valence-electron chi connectivity index (χ0n) is 7.56. The lowest BCUT2D eigenvalue weighted by molar-refractivity contribution is 0.281. The van der Waals surface area contributed by atoms with E-state index in [1.807, 2.05) is 0 Å². The van der Waals surface area contributed by atoms with Gasteiger partial charge in [-0.3, -0.25) is 0 Å². The highest BCUT2D eigenvalue weighted by Crippen LogP contribution is 2.10. The minimum absolute atomic E-state index is 0.184. The molecule has 1 aromatic carbocycles. The molecule has 74 valence electrons. The van der Waals surface area contributed by atoms with Crippen LogP contribution in [0.5, 0.6) is 0 Å². The first-order valence-electron chi connectivity index (χ1n) is 4.22. The largest absolute Gasteiger partial charge is 0.392 e. The molecule has 0 heterocycles. The van der Waals surface area contributed by atoms with Gasteiger partial charge in [-0.05, 0) is 23.8 Å². The molecule has 3 heteroatoms. The molecule has 0 unspecified atom stereocenters. The third-order valence-electron chi connectivity index (χ3n) is 1.68. The molecule has 14 heavy (non-hydrogen) atoms. The first-order valence-corrected chi connectivity index (χ1v) is 5.34. The van der Waals surface area contributed by atoms with Gasteiger partial charge in [0.25, 0.3) is 0 Å². The van der Waals surface area contributed by atoms with Crippen LogP contribution in [0.25, 0.3) is 0 Å². The highest BCUT2D eigenvalue weighted by molar-refractivity contribution is 9.09. The Bertz CT molecular complexity index is 365. The highest BCUT2D eigenvalue weighted by Gasteiger charge is 1.99. The molecule has 1 nitrogen and oxygen atoms in total. The summed E-state index contributed by atoms with van der Waals surface area (Å²) < 4.78 is 12.8. The van der Waals surface area contributed by atoms with Crippen LogP contribution in [-0.2, 0) is 6.61 Å². The molecule has 0 aliphatic rings. The number of aliphatic hydroxyl groups excluding tert-OH is 1. The van der Waals surface area contributed by atoms with E-state index in [9.17, 15) is 4.39 Å². The van der Waals surface area contributed by atoms with Crippen LogP contribution in [0.3, 0.4) is 0 Å². The van der Waals surface area contributed by atoms with Crippen LogP contribution in [0.15, 0.2) is 18.2 Å². The van der Waals surface area contributed by atoms with E-state index in [0.29, 0.717) is 11.1 Å². The molecule has 0 atom stereocenters. The van der Waals surface area contributed by atoms with E-state index in [-0.39, 0.29) is 12.4 Å². The number of aliphatic hydroxyl groups is 1. The Balaban J connectivity index is 2.92. The predicted octanol–water partition coefficient (Wildman–Crippen LogP) is 2.45. The van der Waals surface area contributed by atoms with Crippen molar-refractivity contribution in [2.75, 3.05) is 5.33 Å². The van der Waals surface area contributed by atoms with Gasteiger partial charge in [0.05, 0.1) is 6.61 Å². The summed E-state index contributed by atoms with van der Waals surface area (Å²) in [7, 11) is 0. The molecule has 0 aliphatic heterocycles. The van der Waals surface area contributed by atoms with Gasteiger partial charge in [0, 0.05) is 17.3 Å². The van der Waals surface area contributed by atoms with Crippen LogP contribution < -0.4 is 0 Å². The van der Waals surface area contributed by atoms with Gasteiger partial charge in [-0.25, -0.2) is 4.39 Å². The Kier molecular flexibility index (Phi) is 4.64. The lowest BCUT2D eigenvalue weighted by Gasteiger charge is -1.99. The number of alkyl halides is 1. The first kappa shape index (κ1) is 11.2. The van der Waals surface area contributed by atoms with Gasteiger partial charge < -0.3 is 5.11 Å². The molecule has 1 aromatic rings. The van der Waals surface area contributed by atoms with Crippen molar-refractivity contribution < 1.29 is 9.50 Å². The van der Waals surface area contributed by atoms with Crippen molar-refractivity contribution in [2.24, 2.45) is 0 Å². The Labute approximate surface area is 91.1 Å². The normalized spacial score (nSPS) is 9.36. The SMILES string of the molecule is OCc1cc(F)ccc1C#CCCBr. The number of rotatable bonds is 2. The van der Waals surface area contributed by atoms with Gasteiger partial charge in [0.1, 0.15) is 5.82 Å². The van der Waals surface area contributed by atoms with Crippen molar-refractivity contribution in [3.05, 3.63) is 35.1 Å². The average molecular weight is 257 g/mol. The van der Waals surface area contributed by atoms with Crippen LogP contribution in [-0.4, -0.2) is 10.4 Å². The van der Waals surface area contributed by atoms with Gasteiger partial charge in [0.2, 0.25) is 0 Å². The Morgan fingerprint density at radius 2 is 2.21 bits per heavy atom. The number of hydrogen-bond acceptors (Lipinski definition) is 1. The Hall–Kier alpha value is -0.850. The molecular weight excluding hydrogens is 247 g/mol. The van der Waals surface area contributed by atoms with E-state index in [2.05, 4.69) is 27.8 Å². The zero-order valence-corrected chi connectivity index (χ0v) is 9.14. The second kappa shape index (κ2) is 5.79. The van der Waals surface area contributed by atoms with E-state index in [4.69, 9.17) is 5.11 Å². The van der Waals surface area contributed by atoms with Gasteiger partial charge in [-0.2, -0.15) is 0 Å². The van der Waals surface area contributed by atoms with E-state index < -0.39 is 0 Å². The second-order valence-corrected chi connectivity index (χ2v) is 3.49. The molecule has 1 rings (SSSR count).